The zero-order chi connectivity index (χ0) is 17.0. The topological polar surface area (TPSA) is 37.8 Å². The summed E-state index contributed by atoms with van der Waals surface area (Å²) < 4.78 is 1.98. The first-order valence-corrected chi connectivity index (χ1v) is 9.62. The fourth-order valence-electron chi connectivity index (χ4n) is 3.38. The maximum atomic E-state index is 13.2. The molecule has 3 nitrogen and oxygen atoms in total. The van der Waals surface area contributed by atoms with Gasteiger partial charge >= 0.3 is 0 Å². The predicted octanol–water partition coefficient (Wildman–Crippen LogP) is 5.20. The van der Waals surface area contributed by atoms with Crippen molar-refractivity contribution in [2.24, 2.45) is 5.92 Å². The highest BCUT2D eigenvalue weighted by atomic mass is 35.5. The summed E-state index contributed by atoms with van der Waals surface area (Å²) in [6.45, 7) is 4.21. The fraction of sp³-hybridized carbons (Fsp3) is 0.333. The molecule has 0 saturated carbocycles. The minimum atomic E-state index is -0.0410. The molecule has 0 amide bonds. The van der Waals surface area contributed by atoms with Crippen molar-refractivity contribution in [3.63, 3.8) is 0 Å². The average molecular weight is 377 g/mol. The maximum absolute atomic E-state index is 13.2. The van der Waals surface area contributed by atoms with Gasteiger partial charge in [-0.3, -0.25) is 9.36 Å². The van der Waals surface area contributed by atoms with Crippen molar-refractivity contribution in [1.29, 1.82) is 0 Å². The third-order valence-corrected chi connectivity index (χ3v) is 6.63. The molecule has 0 fully saturated rings. The van der Waals surface area contributed by atoms with Crippen molar-refractivity contribution in [2.45, 2.75) is 33.1 Å². The van der Waals surface area contributed by atoms with Crippen molar-refractivity contribution in [3.8, 4) is 5.69 Å². The number of benzene rings is 1. The van der Waals surface area contributed by atoms with Gasteiger partial charge < -0.3 is 4.98 Å². The van der Waals surface area contributed by atoms with Crippen LogP contribution >= 0.6 is 35.2 Å². The minimum Gasteiger partial charge on any atom is -0.323 e. The molecule has 2 aromatic heterocycles. The number of thiophene rings is 1. The smallest absolute Gasteiger partial charge is 0.267 e. The molecule has 1 aromatic carbocycles. The number of halogens is 1. The Hall–Kier alpha value is -1.43. The van der Waals surface area contributed by atoms with Gasteiger partial charge in [0.05, 0.1) is 11.1 Å². The second-order valence-electron chi connectivity index (χ2n) is 6.56. The van der Waals surface area contributed by atoms with Gasteiger partial charge in [0.15, 0.2) is 4.77 Å². The highest BCUT2D eigenvalue weighted by Crippen LogP contribution is 2.35. The van der Waals surface area contributed by atoms with Crippen LogP contribution in [0, 0.1) is 17.6 Å². The van der Waals surface area contributed by atoms with Gasteiger partial charge in [0.2, 0.25) is 0 Å². The van der Waals surface area contributed by atoms with Crippen molar-refractivity contribution < 1.29 is 0 Å². The SMILES string of the molecule is Cc1ccc(-n2c(=S)[nH]c3sc4c(c3c2=O)CC[C@@H](C)C4)cc1Cl. The lowest BCUT2D eigenvalue weighted by atomic mass is 9.89. The Morgan fingerprint density at radius 2 is 2.21 bits per heavy atom. The summed E-state index contributed by atoms with van der Waals surface area (Å²) in [6, 6.07) is 5.60. The molecule has 0 aliphatic heterocycles. The molecule has 3 aromatic rings. The third kappa shape index (κ3) is 2.46. The van der Waals surface area contributed by atoms with Crippen molar-refractivity contribution in [2.75, 3.05) is 0 Å². The number of hydrogen-bond donors (Lipinski definition) is 1. The van der Waals surface area contributed by atoms with Gasteiger partial charge in [0, 0.05) is 9.90 Å². The van der Waals surface area contributed by atoms with Gasteiger partial charge in [-0.1, -0.05) is 24.6 Å². The van der Waals surface area contributed by atoms with E-state index in [9.17, 15) is 4.79 Å². The second kappa shape index (κ2) is 5.83. The van der Waals surface area contributed by atoms with Crippen LogP contribution in [-0.4, -0.2) is 9.55 Å². The molecule has 2 heterocycles. The van der Waals surface area contributed by atoms with E-state index in [1.54, 1.807) is 22.0 Å². The molecular formula is C18H17ClN2OS2. The van der Waals surface area contributed by atoms with E-state index in [2.05, 4.69) is 11.9 Å². The summed E-state index contributed by atoms with van der Waals surface area (Å²) >= 11 is 13.4. The Morgan fingerprint density at radius 3 is 2.96 bits per heavy atom. The molecule has 0 radical (unpaired) electrons. The first-order valence-electron chi connectivity index (χ1n) is 8.02. The van der Waals surface area contributed by atoms with Crippen LogP contribution in [0.5, 0.6) is 0 Å². The molecule has 0 unspecified atom stereocenters. The highest BCUT2D eigenvalue weighted by Gasteiger charge is 2.23. The Kier molecular flexibility index (Phi) is 3.90. The van der Waals surface area contributed by atoms with E-state index in [0.29, 0.717) is 21.4 Å². The second-order valence-corrected chi connectivity index (χ2v) is 8.46. The van der Waals surface area contributed by atoms with Crippen LogP contribution in [0.1, 0.15) is 29.3 Å². The van der Waals surface area contributed by atoms with E-state index >= 15 is 0 Å². The van der Waals surface area contributed by atoms with Crippen LogP contribution in [0.15, 0.2) is 23.0 Å². The van der Waals surface area contributed by atoms with Crippen molar-refractivity contribution in [3.05, 3.63) is 54.4 Å². The normalized spacial score (nSPS) is 17.2. The van der Waals surface area contributed by atoms with Crippen LogP contribution in [0.4, 0.5) is 0 Å². The first-order chi connectivity index (χ1) is 11.5. The van der Waals surface area contributed by atoms with Crippen LogP contribution in [0.25, 0.3) is 15.9 Å². The summed E-state index contributed by atoms with van der Waals surface area (Å²) in [4.78, 5) is 18.7. The number of aryl methyl sites for hydroxylation is 2. The fourth-order valence-corrected chi connectivity index (χ4v) is 5.31. The molecule has 1 atom stereocenters. The van der Waals surface area contributed by atoms with Crippen molar-refractivity contribution >= 4 is 45.4 Å². The van der Waals surface area contributed by atoms with E-state index in [4.69, 9.17) is 23.8 Å². The zero-order valence-corrected chi connectivity index (χ0v) is 15.9. The number of nitrogens with one attached hydrogen (secondary N) is 1. The number of nitrogens with zero attached hydrogens (tertiary/aromatic N) is 1. The number of rotatable bonds is 1. The summed E-state index contributed by atoms with van der Waals surface area (Å²) in [5.41, 5.74) is 2.85. The average Bonchev–Trinajstić information content (AvgIpc) is 2.87. The Balaban J connectivity index is 2.02. The molecular weight excluding hydrogens is 360 g/mol. The third-order valence-electron chi connectivity index (χ3n) is 4.77. The molecule has 1 aliphatic carbocycles. The van der Waals surface area contributed by atoms with Crippen LogP contribution in [0.3, 0.4) is 0 Å². The summed E-state index contributed by atoms with van der Waals surface area (Å²) in [6.07, 6.45) is 3.14. The molecule has 1 N–H and O–H groups in total. The van der Waals surface area contributed by atoms with Crippen LogP contribution in [0.2, 0.25) is 5.02 Å². The Morgan fingerprint density at radius 1 is 1.42 bits per heavy atom. The number of aromatic nitrogens is 2. The van der Waals surface area contributed by atoms with Gasteiger partial charge in [0.1, 0.15) is 4.83 Å². The van der Waals surface area contributed by atoms with E-state index in [1.165, 1.54) is 10.4 Å². The maximum Gasteiger partial charge on any atom is 0.267 e. The number of fused-ring (bicyclic) bond motifs is 3. The monoisotopic (exact) mass is 376 g/mol. The van der Waals surface area contributed by atoms with E-state index in [0.717, 1.165) is 35.0 Å². The Bertz CT molecular complexity index is 1080. The molecule has 6 heteroatoms. The lowest BCUT2D eigenvalue weighted by Gasteiger charge is -2.17. The predicted molar refractivity (Wildman–Crippen MR) is 104 cm³/mol. The summed E-state index contributed by atoms with van der Waals surface area (Å²) in [5.74, 6) is 0.673. The molecule has 4 rings (SSSR count). The van der Waals surface area contributed by atoms with Crippen LogP contribution in [-0.2, 0) is 12.8 Å². The molecule has 24 heavy (non-hydrogen) atoms. The van der Waals surface area contributed by atoms with Gasteiger partial charge in [-0.15, -0.1) is 11.3 Å². The number of aromatic amines is 1. The minimum absolute atomic E-state index is 0.0410. The summed E-state index contributed by atoms with van der Waals surface area (Å²) in [5, 5.41) is 1.43. The van der Waals surface area contributed by atoms with Gasteiger partial charge in [0.25, 0.3) is 5.56 Å². The molecule has 0 saturated heterocycles. The standard InChI is InChI=1S/C18H17ClN2OS2/c1-9-3-6-12-14(7-9)24-16-15(12)17(22)21(18(23)20-16)11-5-4-10(2)13(19)8-11/h4-5,8-9H,3,6-7H2,1-2H3,(H,20,23)/t9-/m1/s1. The van der Waals surface area contributed by atoms with Gasteiger partial charge in [-0.2, -0.15) is 0 Å². The Labute approximate surface area is 153 Å². The number of hydrogen-bond acceptors (Lipinski definition) is 3. The van der Waals surface area contributed by atoms with E-state index in [1.807, 2.05) is 19.1 Å². The van der Waals surface area contributed by atoms with E-state index in [-0.39, 0.29) is 5.56 Å². The zero-order valence-electron chi connectivity index (χ0n) is 13.5. The van der Waals surface area contributed by atoms with Crippen molar-refractivity contribution in [1.82, 2.24) is 9.55 Å². The summed E-state index contributed by atoms with van der Waals surface area (Å²) in [7, 11) is 0. The molecule has 124 valence electrons. The quantitative estimate of drug-likeness (QED) is 0.593. The molecule has 0 spiro atoms. The lowest BCUT2D eigenvalue weighted by Crippen LogP contribution is -2.21. The van der Waals surface area contributed by atoms with Crippen LogP contribution < -0.4 is 5.56 Å². The first kappa shape index (κ1) is 16.1. The largest absolute Gasteiger partial charge is 0.323 e. The van der Waals surface area contributed by atoms with Gasteiger partial charge in [-0.25, -0.2) is 0 Å². The molecule has 0 bridgehead atoms. The van der Waals surface area contributed by atoms with Gasteiger partial charge in [-0.05, 0) is 67.6 Å². The lowest BCUT2D eigenvalue weighted by molar-refractivity contribution is 0.509. The highest BCUT2D eigenvalue weighted by molar-refractivity contribution is 7.71. The number of H-pyrrole nitrogens is 1. The van der Waals surface area contributed by atoms with E-state index < -0.39 is 0 Å². The molecule has 1 aliphatic rings.